The van der Waals surface area contributed by atoms with E-state index in [0.717, 1.165) is 48.9 Å². The van der Waals surface area contributed by atoms with Gasteiger partial charge in [0.25, 0.3) is 0 Å². The van der Waals surface area contributed by atoms with Gasteiger partial charge in [-0.2, -0.15) is 4.68 Å². The molecule has 5 heteroatoms. The molecule has 3 aromatic rings. The summed E-state index contributed by atoms with van der Waals surface area (Å²) in [5.41, 5.74) is 4.06. The van der Waals surface area contributed by atoms with Gasteiger partial charge in [0, 0.05) is 24.1 Å². The van der Waals surface area contributed by atoms with Gasteiger partial charge in [0.05, 0.1) is 6.54 Å². The van der Waals surface area contributed by atoms with E-state index in [-0.39, 0.29) is 0 Å². The highest BCUT2D eigenvalue weighted by atomic mass is 32.1. The zero-order valence-electron chi connectivity index (χ0n) is 14.5. The average Bonchev–Trinajstić information content (AvgIpc) is 2.98. The molecule has 2 aromatic carbocycles. The van der Waals surface area contributed by atoms with Crippen LogP contribution in [0.3, 0.4) is 0 Å². The highest BCUT2D eigenvalue weighted by Gasteiger charge is 2.21. The zero-order valence-corrected chi connectivity index (χ0v) is 15.3. The topological polar surface area (TPSA) is 27.2 Å². The van der Waals surface area contributed by atoms with E-state index in [1.165, 1.54) is 16.0 Å². The highest BCUT2D eigenvalue weighted by Crippen LogP contribution is 2.17. The fourth-order valence-corrected chi connectivity index (χ4v) is 3.94. The van der Waals surface area contributed by atoms with Crippen molar-refractivity contribution in [1.82, 2.24) is 14.3 Å². The molecule has 0 bridgehead atoms. The van der Waals surface area contributed by atoms with Crippen LogP contribution in [-0.4, -0.2) is 20.9 Å². The summed E-state index contributed by atoms with van der Waals surface area (Å²) in [4.78, 5) is 1.51. The van der Waals surface area contributed by atoms with Gasteiger partial charge in [0.15, 0.2) is 12.5 Å². The fourth-order valence-electron chi connectivity index (χ4n) is 3.62. The van der Waals surface area contributed by atoms with E-state index < -0.39 is 0 Å². The molecule has 1 aliphatic rings. The molecular weight excluding hydrogens is 328 g/mol. The van der Waals surface area contributed by atoms with E-state index in [2.05, 4.69) is 47.9 Å². The van der Waals surface area contributed by atoms with E-state index in [4.69, 9.17) is 17.3 Å². The molecule has 1 unspecified atom stereocenters. The van der Waals surface area contributed by atoms with E-state index in [1.807, 2.05) is 22.9 Å². The molecule has 0 fully saturated rings. The van der Waals surface area contributed by atoms with Gasteiger partial charge in [-0.25, -0.2) is 0 Å². The number of rotatable bonds is 4. The van der Waals surface area contributed by atoms with Crippen LogP contribution in [0, 0.1) is 4.77 Å². The highest BCUT2D eigenvalue weighted by molar-refractivity contribution is 7.71. The first kappa shape index (κ1) is 16.2. The molecule has 4 rings (SSSR count). The van der Waals surface area contributed by atoms with Crippen LogP contribution in [0.1, 0.15) is 18.1 Å². The largest absolute Gasteiger partial charge is 0.312 e. The van der Waals surface area contributed by atoms with E-state index in [0.29, 0.717) is 0 Å². The zero-order chi connectivity index (χ0) is 17.2. The summed E-state index contributed by atoms with van der Waals surface area (Å²) in [6.07, 6.45) is 1.12. The first-order valence-corrected chi connectivity index (χ1v) is 9.30. The number of quaternary nitrogens is 1. The van der Waals surface area contributed by atoms with Crippen LogP contribution < -0.4 is 4.90 Å². The number of hydrogen-bond acceptors (Lipinski definition) is 2. The Morgan fingerprint density at radius 2 is 1.76 bits per heavy atom. The van der Waals surface area contributed by atoms with Crippen LogP contribution in [0.4, 0.5) is 0 Å². The van der Waals surface area contributed by atoms with Crippen molar-refractivity contribution in [2.24, 2.45) is 0 Å². The second-order valence-corrected chi connectivity index (χ2v) is 6.93. The molecule has 2 heterocycles. The third-order valence-electron chi connectivity index (χ3n) is 4.95. The van der Waals surface area contributed by atoms with Crippen LogP contribution in [-0.2, 0) is 26.2 Å². The maximum absolute atomic E-state index is 5.71. The van der Waals surface area contributed by atoms with Gasteiger partial charge < -0.3 is 9.47 Å². The Bertz CT molecular complexity index is 926. The summed E-state index contributed by atoms with van der Waals surface area (Å²) in [5, 5.41) is 4.86. The first-order chi connectivity index (χ1) is 12.3. The van der Waals surface area contributed by atoms with Crippen LogP contribution in [0.5, 0.6) is 0 Å². The Kier molecular flexibility index (Phi) is 4.51. The van der Waals surface area contributed by atoms with E-state index >= 15 is 0 Å². The van der Waals surface area contributed by atoms with Crippen molar-refractivity contribution in [3.63, 3.8) is 0 Å². The molecule has 1 atom stereocenters. The van der Waals surface area contributed by atoms with Gasteiger partial charge in [0.2, 0.25) is 4.77 Å². The quantitative estimate of drug-likeness (QED) is 0.732. The fraction of sp³-hybridized carbons (Fsp3) is 0.300. The normalized spacial score (nSPS) is 16.6. The molecule has 0 saturated carbocycles. The van der Waals surface area contributed by atoms with Gasteiger partial charge in [-0.05, 0) is 24.7 Å². The SMILES string of the molecule is CCn1c(-c2ccccc2)nn(C[NH+]2CCc3ccccc3C2)c1=S. The van der Waals surface area contributed by atoms with Gasteiger partial charge in [0.1, 0.15) is 6.54 Å². The lowest BCUT2D eigenvalue weighted by Crippen LogP contribution is -3.11. The number of aromatic nitrogens is 3. The standard InChI is InChI=1S/C20H22N4S/c1-2-23-19(17-9-4-3-5-10-17)21-24(20(23)25)15-22-13-12-16-8-6-7-11-18(16)14-22/h3-11H,2,12-15H2,1H3/p+1. The predicted octanol–water partition coefficient (Wildman–Crippen LogP) is 2.70. The number of benzene rings is 2. The van der Waals surface area contributed by atoms with Crippen molar-refractivity contribution < 1.29 is 4.90 Å². The van der Waals surface area contributed by atoms with E-state index in [1.54, 1.807) is 0 Å². The minimum Gasteiger partial charge on any atom is -0.312 e. The van der Waals surface area contributed by atoms with Crippen molar-refractivity contribution in [2.45, 2.75) is 33.1 Å². The van der Waals surface area contributed by atoms with Gasteiger partial charge in [-0.15, -0.1) is 5.10 Å². The summed E-state index contributed by atoms with van der Waals surface area (Å²) in [7, 11) is 0. The molecule has 4 nitrogen and oxygen atoms in total. The maximum atomic E-state index is 5.71. The van der Waals surface area contributed by atoms with Gasteiger partial charge in [-0.3, -0.25) is 0 Å². The Labute approximate surface area is 153 Å². The lowest BCUT2D eigenvalue weighted by molar-refractivity contribution is -0.939. The summed E-state index contributed by atoms with van der Waals surface area (Å²) in [6, 6.07) is 19.1. The molecule has 1 aliphatic heterocycles. The first-order valence-electron chi connectivity index (χ1n) is 8.89. The van der Waals surface area contributed by atoms with Crippen molar-refractivity contribution >= 4 is 12.2 Å². The molecule has 0 amide bonds. The van der Waals surface area contributed by atoms with Crippen molar-refractivity contribution in [2.75, 3.05) is 6.54 Å². The molecule has 128 valence electrons. The Hall–Kier alpha value is -2.24. The van der Waals surface area contributed by atoms with Crippen molar-refractivity contribution in [1.29, 1.82) is 0 Å². The molecule has 0 saturated heterocycles. The molecular formula is C20H23N4S+. The Balaban J connectivity index is 1.62. The third-order valence-corrected chi connectivity index (χ3v) is 5.38. The van der Waals surface area contributed by atoms with Crippen LogP contribution in [0.2, 0.25) is 0 Å². The number of nitrogens with zero attached hydrogens (tertiary/aromatic N) is 3. The van der Waals surface area contributed by atoms with Crippen LogP contribution in [0.25, 0.3) is 11.4 Å². The second-order valence-electron chi connectivity index (χ2n) is 6.57. The minimum atomic E-state index is 0.813. The minimum absolute atomic E-state index is 0.813. The third kappa shape index (κ3) is 3.17. The predicted molar refractivity (Wildman–Crippen MR) is 102 cm³/mol. The molecule has 1 aromatic heterocycles. The smallest absolute Gasteiger partial charge is 0.203 e. The van der Waals surface area contributed by atoms with Gasteiger partial charge >= 0.3 is 0 Å². The number of nitrogens with one attached hydrogen (secondary N) is 1. The monoisotopic (exact) mass is 351 g/mol. The number of fused-ring (bicyclic) bond motifs is 1. The summed E-state index contributed by atoms with van der Waals surface area (Å²) < 4.78 is 4.94. The Morgan fingerprint density at radius 1 is 1.04 bits per heavy atom. The molecule has 0 radical (unpaired) electrons. The van der Waals surface area contributed by atoms with E-state index in [9.17, 15) is 0 Å². The lowest BCUT2D eigenvalue weighted by atomic mass is 10.0. The molecule has 0 aliphatic carbocycles. The van der Waals surface area contributed by atoms with Crippen molar-refractivity contribution in [3.05, 3.63) is 70.5 Å². The van der Waals surface area contributed by atoms with Crippen molar-refractivity contribution in [3.8, 4) is 11.4 Å². The maximum Gasteiger partial charge on any atom is 0.203 e. The second kappa shape index (κ2) is 6.94. The van der Waals surface area contributed by atoms with Crippen LogP contribution >= 0.6 is 12.2 Å². The molecule has 1 N–H and O–H groups in total. The lowest BCUT2D eigenvalue weighted by Gasteiger charge is -2.25. The summed E-state index contributed by atoms with van der Waals surface area (Å²) in [6.45, 7) is 5.94. The number of hydrogen-bond donors (Lipinski definition) is 1. The van der Waals surface area contributed by atoms with Gasteiger partial charge in [-0.1, -0.05) is 54.6 Å². The summed E-state index contributed by atoms with van der Waals surface area (Å²) >= 11 is 5.71. The molecule has 25 heavy (non-hydrogen) atoms. The Morgan fingerprint density at radius 3 is 2.52 bits per heavy atom. The van der Waals surface area contributed by atoms with Crippen LogP contribution in [0.15, 0.2) is 54.6 Å². The molecule has 0 spiro atoms. The average molecular weight is 351 g/mol. The summed E-state index contributed by atoms with van der Waals surface area (Å²) in [5.74, 6) is 0.963.